The van der Waals surface area contributed by atoms with Gasteiger partial charge < -0.3 is 10.2 Å². The lowest BCUT2D eigenvalue weighted by Crippen LogP contribution is -2.36. The summed E-state index contributed by atoms with van der Waals surface area (Å²) in [4.78, 5) is 7.53. The molecule has 0 radical (unpaired) electrons. The van der Waals surface area contributed by atoms with Crippen LogP contribution in [0.2, 0.25) is 0 Å². The highest BCUT2D eigenvalue weighted by atomic mass is 15.2. The van der Waals surface area contributed by atoms with Gasteiger partial charge in [-0.1, -0.05) is 26.7 Å². The van der Waals surface area contributed by atoms with E-state index in [1.807, 2.05) is 0 Å². The van der Waals surface area contributed by atoms with Gasteiger partial charge in [-0.2, -0.15) is 0 Å². The zero-order valence-electron chi connectivity index (χ0n) is 14.2. The molecule has 1 aromatic rings. The Labute approximate surface area is 130 Å². The van der Waals surface area contributed by atoms with Gasteiger partial charge in [0.2, 0.25) is 0 Å². The SMILES string of the molecule is CCNCc1c(C)cc(C)nc1N1CCCCCC1CC. The van der Waals surface area contributed by atoms with Crippen molar-refractivity contribution in [3.8, 4) is 0 Å². The highest BCUT2D eigenvalue weighted by Gasteiger charge is 2.23. The first-order chi connectivity index (χ1) is 10.2. The fourth-order valence-electron chi connectivity index (χ4n) is 3.43. The minimum atomic E-state index is 0.654. The third-order valence-electron chi connectivity index (χ3n) is 4.63. The summed E-state index contributed by atoms with van der Waals surface area (Å²) in [5.41, 5.74) is 3.90. The molecule has 21 heavy (non-hydrogen) atoms. The average molecular weight is 289 g/mol. The quantitative estimate of drug-likeness (QED) is 0.889. The van der Waals surface area contributed by atoms with Gasteiger partial charge in [-0.05, 0) is 51.3 Å². The summed E-state index contributed by atoms with van der Waals surface area (Å²) in [5, 5.41) is 3.49. The summed E-state index contributed by atoms with van der Waals surface area (Å²) in [6.45, 7) is 11.9. The molecule has 1 aliphatic rings. The summed E-state index contributed by atoms with van der Waals surface area (Å²) in [5.74, 6) is 1.24. The third-order valence-corrected chi connectivity index (χ3v) is 4.63. The molecule has 0 spiro atoms. The number of rotatable bonds is 5. The molecule has 3 heteroatoms. The monoisotopic (exact) mass is 289 g/mol. The van der Waals surface area contributed by atoms with E-state index in [4.69, 9.17) is 4.98 Å². The van der Waals surface area contributed by atoms with Crippen molar-refractivity contribution in [1.82, 2.24) is 10.3 Å². The van der Waals surface area contributed by atoms with Gasteiger partial charge in [0.1, 0.15) is 5.82 Å². The second-order valence-corrected chi connectivity index (χ2v) is 6.27. The van der Waals surface area contributed by atoms with E-state index in [0.717, 1.165) is 25.3 Å². The second-order valence-electron chi connectivity index (χ2n) is 6.27. The number of aryl methyl sites for hydroxylation is 2. The van der Waals surface area contributed by atoms with Crippen LogP contribution in [0, 0.1) is 13.8 Å². The third kappa shape index (κ3) is 3.97. The van der Waals surface area contributed by atoms with Crippen LogP contribution in [0.4, 0.5) is 5.82 Å². The first kappa shape index (κ1) is 16.3. The summed E-state index contributed by atoms with van der Waals surface area (Å²) in [7, 11) is 0. The first-order valence-corrected chi connectivity index (χ1v) is 8.61. The van der Waals surface area contributed by atoms with Crippen molar-refractivity contribution in [3.63, 3.8) is 0 Å². The van der Waals surface area contributed by atoms with Crippen LogP contribution in [0.15, 0.2) is 6.07 Å². The molecular weight excluding hydrogens is 258 g/mol. The van der Waals surface area contributed by atoms with Crippen molar-refractivity contribution in [3.05, 3.63) is 22.9 Å². The molecular formula is C18H31N3. The number of nitrogens with zero attached hydrogens (tertiary/aromatic N) is 2. The van der Waals surface area contributed by atoms with E-state index in [0.29, 0.717) is 6.04 Å². The number of anilines is 1. The van der Waals surface area contributed by atoms with Crippen LogP contribution in [0.25, 0.3) is 0 Å². The van der Waals surface area contributed by atoms with Gasteiger partial charge in [0.15, 0.2) is 0 Å². The molecule has 0 bridgehead atoms. The Bertz CT molecular complexity index is 456. The van der Waals surface area contributed by atoms with Crippen LogP contribution >= 0.6 is 0 Å². The molecule has 1 saturated heterocycles. The Kier molecular flexibility index (Phi) is 6.04. The smallest absolute Gasteiger partial charge is 0.133 e. The Balaban J connectivity index is 2.38. The normalized spacial score (nSPS) is 19.6. The van der Waals surface area contributed by atoms with Crippen molar-refractivity contribution >= 4 is 5.82 Å². The van der Waals surface area contributed by atoms with Crippen LogP contribution in [-0.4, -0.2) is 24.1 Å². The van der Waals surface area contributed by atoms with E-state index in [9.17, 15) is 0 Å². The van der Waals surface area contributed by atoms with E-state index in [2.05, 4.69) is 44.0 Å². The fraction of sp³-hybridized carbons (Fsp3) is 0.722. The van der Waals surface area contributed by atoms with Crippen molar-refractivity contribution in [2.75, 3.05) is 18.0 Å². The van der Waals surface area contributed by atoms with Crippen LogP contribution in [0.3, 0.4) is 0 Å². The summed E-state index contributed by atoms with van der Waals surface area (Å²) >= 11 is 0. The van der Waals surface area contributed by atoms with Crippen LogP contribution in [0.1, 0.15) is 62.8 Å². The van der Waals surface area contributed by atoms with Gasteiger partial charge in [0, 0.05) is 30.4 Å². The highest BCUT2D eigenvalue weighted by Crippen LogP contribution is 2.29. The lowest BCUT2D eigenvalue weighted by Gasteiger charge is -2.33. The summed E-state index contributed by atoms with van der Waals surface area (Å²) in [6, 6.07) is 2.87. The molecule has 0 amide bonds. The minimum Gasteiger partial charge on any atom is -0.353 e. The van der Waals surface area contributed by atoms with Crippen molar-refractivity contribution < 1.29 is 0 Å². The molecule has 1 N–H and O–H groups in total. The largest absolute Gasteiger partial charge is 0.353 e. The Morgan fingerprint density at radius 1 is 1.24 bits per heavy atom. The second kappa shape index (κ2) is 7.79. The van der Waals surface area contributed by atoms with Crippen LogP contribution < -0.4 is 10.2 Å². The molecule has 1 aromatic heterocycles. The zero-order chi connectivity index (χ0) is 15.2. The zero-order valence-corrected chi connectivity index (χ0v) is 14.2. The number of nitrogens with one attached hydrogen (secondary N) is 1. The van der Waals surface area contributed by atoms with Gasteiger partial charge in [0.05, 0.1) is 0 Å². The Morgan fingerprint density at radius 3 is 2.76 bits per heavy atom. The Hall–Kier alpha value is -1.09. The van der Waals surface area contributed by atoms with Crippen LogP contribution in [0.5, 0.6) is 0 Å². The number of pyridine rings is 1. The van der Waals surface area contributed by atoms with Gasteiger partial charge in [-0.15, -0.1) is 0 Å². The number of aromatic nitrogens is 1. The fourth-order valence-corrected chi connectivity index (χ4v) is 3.43. The predicted molar refractivity (Wildman–Crippen MR) is 91.0 cm³/mol. The molecule has 1 unspecified atom stereocenters. The van der Waals surface area contributed by atoms with E-state index >= 15 is 0 Å². The van der Waals surface area contributed by atoms with Gasteiger partial charge >= 0.3 is 0 Å². The molecule has 0 saturated carbocycles. The standard InChI is InChI=1S/C18H31N3/c1-5-16-10-8-7-9-11-21(16)18-17(13-19-6-2)14(3)12-15(4)20-18/h12,16,19H,5-11,13H2,1-4H3. The van der Waals surface area contributed by atoms with Gasteiger partial charge in [-0.3, -0.25) is 0 Å². The van der Waals surface area contributed by atoms with Gasteiger partial charge in [-0.25, -0.2) is 4.98 Å². The molecule has 118 valence electrons. The number of hydrogen-bond acceptors (Lipinski definition) is 3. The molecule has 2 rings (SSSR count). The first-order valence-electron chi connectivity index (χ1n) is 8.61. The molecule has 3 nitrogen and oxygen atoms in total. The molecule has 2 heterocycles. The number of hydrogen-bond donors (Lipinski definition) is 1. The van der Waals surface area contributed by atoms with E-state index in [-0.39, 0.29) is 0 Å². The van der Waals surface area contributed by atoms with Crippen molar-refractivity contribution in [2.45, 2.75) is 72.4 Å². The highest BCUT2D eigenvalue weighted by molar-refractivity contribution is 5.52. The lowest BCUT2D eigenvalue weighted by molar-refractivity contribution is 0.548. The molecule has 1 aliphatic heterocycles. The van der Waals surface area contributed by atoms with Gasteiger partial charge in [0.25, 0.3) is 0 Å². The van der Waals surface area contributed by atoms with E-state index < -0.39 is 0 Å². The van der Waals surface area contributed by atoms with Crippen molar-refractivity contribution in [1.29, 1.82) is 0 Å². The average Bonchev–Trinajstić information content (AvgIpc) is 2.70. The summed E-state index contributed by atoms with van der Waals surface area (Å²) < 4.78 is 0. The lowest BCUT2D eigenvalue weighted by atomic mass is 10.0. The predicted octanol–water partition coefficient (Wildman–Crippen LogP) is 3.97. The van der Waals surface area contributed by atoms with Crippen molar-refractivity contribution in [2.24, 2.45) is 0 Å². The van der Waals surface area contributed by atoms with E-state index in [1.54, 1.807) is 0 Å². The Morgan fingerprint density at radius 2 is 2.05 bits per heavy atom. The molecule has 0 aliphatic carbocycles. The van der Waals surface area contributed by atoms with Crippen LogP contribution in [-0.2, 0) is 6.54 Å². The maximum atomic E-state index is 4.94. The minimum absolute atomic E-state index is 0.654. The molecule has 0 aromatic carbocycles. The maximum absolute atomic E-state index is 4.94. The topological polar surface area (TPSA) is 28.2 Å². The molecule has 1 atom stereocenters. The summed E-state index contributed by atoms with van der Waals surface area (Å²) in [6.07, 6.45) is 6.55. The maximum Gasteiger partial charge on any atom is 0.133 e. The molecule has 1 fully saturated rings. The van der Waals surface area contributed by atoms with E-state index in [1.165, 1.54) is 49.0 Å².